The smallest absolute Gasteiger partial charge is 0.0156 e. The molecule has 0 aliphatic heterocycles. The fraction of sp³-hybridized carbons (Fsp3) is 0.667. The highest BCUT2D eigenvalue weighted by Crippen LogP contribution is 2.46. The fourth-order valence-electron chi connectivity index (χ4n) is 2.88. The third-order valence-electron chi connectivity index (χ3n) is 3.55. The molecule has 1 heteroatoms. The van der Waals surface area contributed by atoms with E-state index in [1.165, 1.54) is 25.7 Å². The first-order chi connectivity index (χ1) is 6.18. The van der Waals surface area contributed by atoms with Crippen molar-refractivity contribution in [2.75, 3.05) is 0 Å². The first-order valence-electron chi connectivity index (χ1n) is 5.26. The van der Waals surface area contributed by atoms with Gasteiger partial charge in [0.1, 0.15) is 0 Å². The summed E-state index contributed by atoms with van der Waals surface area (Å²) in [7, 11) is 0. The van der Waals surface area contributed by atoms with Crippen LogP contribution in [-0.2, 0) is 0 Å². The Hall–Kier alpha value is -0.170. The molecule has 2 aliphatic rings. The lowest BCUT2D eigenvalue weighted by Crippen LogP contribution is -2.07. The minimum absolute atomic E-state index is 0.862. The molecule has 2 aliphatic carbocycles. The summed E-state index contributed by atoms with van der Waals surface area (Å²) in [6.45, 7) is 4.39. The van der Waals surface area contributed by atoms with Crippen LogP contribution in [0, 0.1) is 11.8 Å². The Morgan fingerprint density at radius 2 is 2.08 bits per heavy atom. The minimum Gasteiger partial charge on any atom is -0.148 e. The van der Waals surface area contributed by atoms with Gasteiger partial charge in [-0.25, -0.2) is 0 Å². The summed E-state index contributed by atoms with van der Waals surface area (Å²) in [6, 6.07) is 0. The Kier molecular flexibility index (Phi) is 2.55. The minimum atomic E-state index is 0.862. The van der Waals surface area contributed by atoms with Crippen LogP contribution in [0.5, 0.6) is 0 Å². The number of hydrogen-bond donors (Lipinski definition) is 1. The Balaban J connectivity index is 2.29. The molecule has 0 radical (unpaired) electrons. The van der Waals surface area contributed by atoms with Crippen molar-refractivity contribution in [1.82, 2.24) is 0 Å². The molecular weight excluding hydrogens is 176 g/mol. The zero-order chi connectivity index (χ0) is 9.42. The molecule has 0 N–H and O–H groups in total. The van der Waals surface area contributed by atoms with Crippen LogP contribution in [0.4, 0.5) is 0 Å². The molecule has 2 bridgehead atoms. The van der Waals surface area contributed by atoms with Gasteiger partial charge in [-0.05, 0) is 61.5 Å². The van der Waals surface area contributed by atoms with E-state index in [9.17, 15) is 0 Å². The van der Waals surface area contributed by atoms with Crippen molar-refractivity contribution in [1.29, 1.82) is 0 Å². The zero-order valence-corrected chi connectivity index (χ0v) is 9.40. The van der Waals surface area contributed by atoms with Crippen LogP contribution >= 0.6 is 12.6 Å². The van der Waals surface area contributed by atoms with Gasteiger partial charge in [0.05, 0.1) is 0 Å². The van der Waals surface area contributed by atoms with Crippen molar-refractivity contribution < 1.29 is 0 Å². The second-order valence-electron chi connectivity index (χ2n) is 4.48. The van der Waals surface area contributed by atoms with Gasteiger partial charge in [-0.2, -0.15) is 0 Å². The summed E-state index contributed by atoms with van der Waals surface area (Å²) in [5.74, 6) is 1.76. The SMILES string of the molecule is CC1=C(/C=C(/C)S)C2CCCC1C2. The van der Waals surface area contributed by atoms with Gasteiger partial charge < -0.3 is 0 Å². The van der Waals surface area contributed by atoms with Crippen molar-refractivity contribution in [3.63, 3.8) is 0 Å². The molecule has 0 spiro atoms. The number of rotatable bonds is 1. The van der Waals surface area contributed by atoms with Crippen LogP contribution in [-0.4, -0.2) is 0 Å². The van der Waals surface area contributed by atoms with E-state index >= 15 is 0 Å². The summed E-state index contributed by atoms with van der Waals surface area (Å²) in [5, 5.41) is 0. The average Bonchev–Trinajstić information content (AvgIpc) is 2.30. The molecule has 0 nitrogen and oxygen atoms in total. The molecule has 13 heavy (non-hydrogen) atoms. The molecule has 1 saturated carbocycles. The van der Waals surface area contributed by atoms with Crippen molar-refractivity contribution in [3.05, 3.63) is 22.1 Å². The summed E-state index contributed by atoms with van der Waals surface area (Å²) in [6.07, 6.45) is 7.95. The second kappa shape index (κ2) is 3.53. The van der Waals surface area contributed by atoms with Gasteiger partial charge in [0.25, 0.3) is 0 Å². The number of fused-ring (bicyclic) bond motifs is 2. The first kappa shape index (κ1) is 9.39. The number of allylic oxidation sites excluding steroid dienone is 4. The predicted octanol–water partition coefficient (Wildman–Crippen LogP) is 3.96. The zero-order valence-electron chi connectivity index (χ0n) is 8.51. The van der Waals surface area contributed by atoms with Crippen molar-refractivity contribution in [2.24, 2.45) is 11.8 Å². The predicted molar refractivity (Wildman–Crippen MR) is 60.9 cm³/mol. The molecule has 0 aromatic carbocycles. The van der Waals surface area contributed by atoms with E-state index in [4.69, 9.17) is 0 Å². The third kappa shape index (κ3) is 1.71. The first-order valence-corrected chi connectivity index (χ1v) is 5.71. The lowest BCUT2D eigenvalue weighted by Gasteiger charge is -2.20. The third-order valence-corrected chi connectivity index (χ3v) is 3.68. The topological polar surface area (TPSA) is 0 Å². The van der Waals surface area contributed by atoms with Crippen molar-refractivity contribution in [3.8, 4) is 0 Å². The Labute approximate surface area is 86.5 Å². The molecule has 0 heterocycles. The van der Waals surface area contributed by atoms with E-state index in [2.05, 4.69) is 32.6 Å². The van der Waals surface area contributed by atoms with Crippen LogP contribution in [0.2, 0.25) is 0 Å². The van der Waals surface area contributed by atoms with E-state index in [1.54, 1.807) is 11.1 Å². The lowest BCUT2D eigenvalue weighted by atomic mass is 9.85. The van der Waals surface area contributed by atoms with Gasteiger partial charge in [0, 0.05) is 0 Å². The van der Waals surface area contributed by atoms with E-state index < -0.39 is 0 Å². The largest absolute Gasteiger partial charge is 0.148 e. The molecule has 0 aromatic heterocycles. The van der Waals surface area contributed by atoms with E-state index in [-0.39, 0.29) is 0 Å². The Morgan fingerprint density at radius 3 is 2.69 bits per heavy atom. The quantitative estimate of drug-likeness (QED) is 0.600. The molecule has 0 saturated heterocycles. The maximum absolute atomic E-state index is 4.37. The summed E-state index contributed by atoms with van der Waals surface area (Å²) in [4.78, 5) is 1.15. The Bertz CT molecular complexity index is 269. The highest BCUT2D eigenvalue weighted by atomic mass is 32.1. The Morgan fingerprint density at radius 1 is 1.38 bits per heavy atom. The fourth-order valence-corrected chi connectivity index (χ4v) is 3.02. The van der Waals surface area contributed by atoms with Gasteiger partial charge in [0.15, 0.2) is 0 Å². The van der Waals surface area contributed by atoms with Crippen LogP contribution in [0.1, 0.15) is 39.5 Å². The van der Waals surface area contributed by atoms with Gasteiger partial charge in [-0.1, -0.05) is 12.0 Å². The van der Waals surface area contributed by atoms with Crippen LogP contribution < -0.4 is 0 Å². The number of thiol groups is 1. The maximum atomic E-state index is 4.37. The molecule has 0 aromatic rings. The van der Waals surface area contributed by atoms with E-state index in [1.807, 2.05) is 0 Å². The van der Waals surface area contributed by atoms with Crippen LogP contribution in [0.25, 0.3) is 0 Å². The highest BCUT2D eigenvalue weighted by Gasteiger charge is 2.32. The van der Waals surface area contributed by atoms with E-state index in [0.717, 1.165) is 16.7 Å². The van der Waals surface area contributed by atoms with Gasteiger partial charge in [0.2, 0.25) is 0 Å². The molecule has 72 valence electrons. The second-order valence-corrected chi connectivity index (χ2v) is 5.19. The average molecular weight is 194 g/mol. The van der Waals surface area contributed by atoms with Gasteiger partial charge in [-0.3, -0.25) is 0 Å². The summed E-state index contributed by atoms with van der Waals surface area (Å²) >= 11 is 4.37. The van der Waals surface area contributed by atoms with Gasteiger partial charge in [-0.15, -0.1) is 12.6 Å². The standard InChI is InChI=1S/C12H18S/c1-8(13)6-12-9(2)10-4-3-5-11(12)7-10/h6,10-11,13H,3-5,7H2,1-2H3/b8-6-. The molecule has 0 amide bonds. The molecule has 2 rings (SSSR count). The highest BCUT2D eigenvalue weighted by molar-refractivity contribution is 7.84. The molecule has 1 fully saturated rings. The van der Waals surface area contributed by atoms with Crippen LogP contribution in [0.15, 0.2) is 22.1 Å². The molecule has 2 atom stereocenters. The summed E-state index contributed by atoms with van der Waals surface area (Å²) in [5.41, 5.74) is 3.26. The molecule has 2 unspecified atom stereocenters. The summed E-state index contributed by atoms with van der Waals surface area (Å²) < 4.78 is 0. The molecular formula is C12H18S. The van der Waals surface area contributed by atoms with Crippen LogP contribution in [0.3, 0.4) is 0 Å². The van der Waals surface area contributed by atoms with E-state index in [0.29, 0.717) is 0 Å². The maximum Gasteiger partial charge on any atom is -0.0156 e. The van der Waals surface area contributed by atoms with Crippen molar-refractivity contribution >= 4 is 12.6 Å². The normalized spacial score (nSPS) is 34.2. The van der Waals surface area contributed by atoms with Gasteiger partial charge >= 0.3 is 0 Å². The van der Waals surface area contributed by atoms with Crippen molar-refractivity contribution in [2.45, 2.75) is 39.5 Å². The number of hydrogen-bond acceptors (Lipinski definition) is 1. The monoisotopic (exact) mass is 194 g/mol. The lowest BCUT2D eigenvalue weighted by molar-refractivity contribution is 0.370.